The lowest BCUT2D eigenvalue weighted by Gasteiger charge is -2.26. The second kappa shape index (κ2) is 12.6. The maximum Gasteiger partial charge on any atom is 0.349 e. The molecule has 0 aromatic rings. The third kappa shape index (κ3) is 13.6. The van der Waals surface area contributed by atoms with E-state index in [-0.39, 0.29) is 12.8 Å². The third-order valence-electron chi connectivity index (χ3n) is 2.67. The number of carboxylic acids is 6. The molecular weight excluding hydrogens is 392 g/mol. The van der Waals surface area contributed by atoms with Crippen molar-refractivity contribution in [3.63, 3.8) is 0 Å². The van der Waals surface area contributed by atoms with E-state index in [4.69, 9.17) is 30.6 Å². The lowest BCUT2D eigenvalue weighted by Crippen LogP contribution is -2.47. The molecule has 0 bridgehead atoms. The van der Waals surface area contributed by atoms with Crippen molar-refractivity contribution in [2.24, 2.45) is 0 Å². The second-order valence-corrected chi connectivity index (χ2v) is 5.10. The van der Waals surface area contributed by atoms with Crippen molar-refractivity contribution in [1.82, 2.24) is 0 Å². The number of carboxylic acid groups (broad SMARTS) is 6. The average Bonchev–Trinajstić information content (AvgIpc) is 2.50. The third-order valence-corrected chi connectivity index (χ3v) is 2.67. The Labute approximate surface area is 155 Å². The lowest BCUT2D eigenvalue weighted by molar-refractivity contribution is -0.186. The van der Waals surface area contributed by atoms with Crippen LogP contribution in [0.4, 0.5) is 0 Å². The van der Waals surface area contributed by atoms with Gasteiger partial charge in [-0.15, -0.1) is 0 Å². The number of hydrogen-bond acceptors (Lipinski definition) is 8. The lowest BCUT2D eigenvalue weighted by atomic mass is 9.95. The minimum atomic E-state index is -2.77. The first-order chi connectivity index (χ1) is 12.7. The van der Waals surface area contributed by atoms with E-state index in [0.717, 1.165) is 0 Å². The highest BCUT2D eigenvalue weighted by Gasteiger charge is 2.47. The van der Waals surface area contributed by atoms with Gasteiger partial charge in [0.25, 0.3) is 0 Å². The fourth-order valence-electron chi connectivity index (χ4n) is 1.51. The van der Waals surface area contributed by atoms with Gasteiger partial charge in [-0.3, -0.25) is 28.8 Å². The smallest absolute Gasteiger partial charge is 0.349 e. The predicted octanol–water partition coefficient (Wildman–Crippen LogP) is -0.897. The summed E-state index contributed by atoms with van der Waals surface area (Å²) in [6.07, 6.45) is -4.47. The minimum Gasteiger partial charge on any atom is -0.481 e. The Kier molecular flexibility index (Phi) is 11.9. The van der Waals surface area contributed by atoms with Crippen LogP contribution in [0.3, 0.4) is 0 Å². The van der Waals surface area contributed by atoms with Gasteiger partial charge >= 0.3 is 41.8 Å². The Balaban J connectivity index is 0. The number of esters is 1. The van der Waals surface area contributed by atoms with Gasteiger partial charge in [-0.05, 0) is 0 Å². The second-order valence-electron chi connectivity index (χ2n) is 5.10. The molecular formula is C14H18O14. The van der Waals surface area contributed by atoms with Crippen LogP contribution in [-0.2, 0) is 38.3 Å². The van der Waals surface area contributed by atoms with E-state index in [1.54, 1.807) is 0 Å². The summed E-state index contributed by atoms with van der Waals surface area (Å²) in [6.45, 7) is 0. The molecule has 28 heavy (non-hydrogen) atoms. The molecule has 0 spiro atoms. The largest absolute Gasteiger partial charge is 0.481 e. The molecule has 0 rings (SSSR count). The number of carbonyl (C=O) groups excluding carboxylic acids is 1. The van der Waals surface area contributed by atoms with Gasteiger partial charge in [0.1, 0.15) is 0 Å². The zero-order valence-corrected chi connectivity index (χ0v) is 14.2. The molecule has 0 unspecified atom stereocenters. The highest BCUT2D eigenvalue weighted by molar-refractivity contribution is 5.91. The fraction of sp³-hybridized carbons (Fsp3) is 0.500. The van der Waals surface area contributed by atoms with Crippen LogP contribution in [0, 0.1) is 0 Å². The summed E-state index contributed by atoms with van der Waals surface area (Å²) in [5, 5.41) is 50.3. The van der Waals surface area contributed by atoms with E-state index < -0.39 is 73.1 Å². The van der Waals surface area contributed by atoms with Crippen LogP contribution >= 0.6 is 0 Å². The number of carbonyl (C=O) groups is 7. The molecule has 14 heteroatoms. The standard InChI is InChI=1S/C10H12O10.C4H6O4/c11-5(12)1-2-8(17)20-10(9(18)19,3-6(13)14)4-7(15)16;5-3(6)1-2-4(7)8/h1-4H2,(H,11,12)(H,13,14)(H,15,16)(H,18,19);1-2H2,(H,5,6)(H,7,8). The maximum absolute atomic E-state index is 11.3. The van der Waals surface area contributed by atoms with Crippen LogP contribution in [0.1, 0.15) is 38.5 Å². The van der Waals surface area contributed by atoms with Crippen molar-refractivity contribution in [2.75, 3.05) is 0 Å². The van der Waals surface area contributed by atoms with Crippen molar-refractivity contribution >= 4 is 41.8 Å². The van der Waals surface area contributed by atoms with Crippen LogP contribution in [0.25, 0.3) is 0 Å². The summed E-state index contributed by atoms with van der Waals surface area (Å²) >= 11 is 0. The summed E-state index contributed by atoms with van der Waals surface area (Å²) in [7, 11) is 0. The zero-order chi connectivity index (χ0) is 22.5. The molecule has 0 fully saturated rings. The highest BCUT2D eigenvalue weighted by atomic mass is 16.6. The number of ether oxygens (including phenoxy) is 1. The Bertz CT molecular complexity index is 604. The highest BCUT2D eigenvalue weighted by Crippen LogP contribution is 2.23. The summed E-state index contributed by atoms with van der Waals surface area (Å²) < 4.78 is 4.41. The monoisotopic (exact) mass is 410 g/mol. The molecule has 14 nitrogen and oxygen atoms in total. The fourth-order valence-corrected chi connectivity index (χ4v) is 1.51. The molecule has 0 aliphatic carbocycles. The molecule has 0 amide bonds. The van der Waals surface area contributed by atoms with Crippen molar-refractivity contribution in [3.05, 3.63) is 0 Å². The van der Waals surface area contributed by atoms with Gasteiger partial charge in [0, 0.05) is 0 Å². The molecule has 0 aromatic heterocycles. The summed E-state index contributed by atoms with van der Waals surface area (Å²) in [5.41, 5.74) is -2.77. The van der Waals surface area contributed by atoms with Crippen LogP contribution in [0.15, 0.2) is 0 Å². The molecule has 0 radical (unpaired) electrons. The Morgan fingerprint density at radius 3 is 1.11 bits per heavy atom. The van der Waals surface area contributed by atoms with E-state index in [9.17, 15) is 33.6 Å². The first kappa shape index (κ1) is 26.5. The Morgan fingerprint density at radius 2 is 0.857 bits per heavy atom. The van der Waals surface area contributed by atoms with Gasteiger partial charge in [-0.2, -0.15) is 0 Å². The maximum atomic E-state index is 11.3. The number of hydrogen-bond donors (Lipinski definition) is 6. The van der Waals surface area contributed by atoms with Gasteiger partial charge in [0.15, 0.2) is 0 Å². The molecule has 158 valence electrons. The first-order valence-corrected chi connectivity index (χ1v) is 7.26. The molecule has 0 aliphatic heterocycles. The number of aliphatic carboxylic acids is 6. The van der Waals surface area contributed by atoms with E-state index in [1.807, 2.05) is 0 Å². The number of rotatable bonds is 12. The summed E-state index contributed by atoms with van der Waals surface area (Å²) in [6, 6.07) is 0. The van der Waals surface area contributed by atoms with Gasteiger partial charge in [0.2, 0.25) is 5.60 Å². The van der Waals surface area contributed by atoms with E-state index in [2.05, 4.69) is 4.74 Å². The Hall–Kier alpha value is -3.71. The van der Waals surface area contributed by atoms with Crippen LogP contribution < -0.4 is 0 Å². The summed E-state index contributed by atoms with van der Waals surface area (Å²) in [4.78, 5) is 73.1. The van der Waals surface area contributed by atoms with Gasteiger partial charge in [-0.1, -0.05) is 0 Å². The average molecular weight is 410 g/mol. The minimum absolute atomic E-state index is 0.296. The van der Waals surface area contributed by atoms with Crippen molar-refractivity contribution in [3.8, 4) is 0 Å². The quantitative estimate of drug-likeness (QED) is 0.213. The topological polar surface area (TPSA) is 250 Å². The molecule has 0 saturated carbocycles. The summed E-state index contributed by atoms with van der Waals surface area (Å²) in [5.74, 6) is -10.1. The van der Waals surface area contributed by atoms with Crippen molar-refractivity contribution in [1.29, 1.82) is 0 Å². The zero-order valence-electron chi connectivity index (χ0n) is 14.2. The van der Waals surface area contributed by atoms with E-state index in [1.165, 1.54) is 0 Å². The molecule has 0 saturated heterocycles. The Morgan fingerprint density at radius 1 is 0.536 bits per heavy atom. The van der Waals surface area contributed by atoms with Crippen molar-refractivity contribution in [2.45, 2.75) is 44.1 Å². The molecule has 0 aromatic carbocycles. The van der Waals surface area contributed by atoms with Crippen LogP contribution in [0.5, 0.6) is 0 Å². The first-order valence-electron chi connectivity index (χ1n) is 7.26. The van der Waals surface area contributed by atoms with Crippen molar-refractivity contribution < 1.29 is 68.9 Å². The van der Waals surface area contributed by atoms with Gasteiger partial charge in [-0.25, -0.2) is 4.79 Å². The van der Waals surface area contributed by atoms with Gasteiger partial charge in [0.05, 0.1) is 38.5 Å². The van der Waals surface area contributed by atoms with Gasteiger partial charge < -0.3 is 35.4 Å². The normalized spacial score (nSPS) is 10.0. The molecule has 0 heterocycles. The van der Waals surface area contributed by atoms with Crippen LogP contribution in [0.2, 0.25) is 0 Å². The predicted molar refractivity (Wildman–Crippen MR) is 82.3 cm³/mol. The van der Waals surface area contributed by atoms with Crippen LogP contribution in [-0.4, -0.2) is 78.0 Å². The molecule has 0 atom stereocenters. The molecule has 6 N–H and O–H groups in total. The van der Waals surface area contributed by atoms with E-state index in [0.29, 0.717) is 0 Å². The van der Waals surface area contributed by atoms with E-state index >= 15 is 0 Å². The SMILES string of the molecule is O=C(O)CCC(=O)O.O=C(O)CCC(=O)OC(CC(=O)O)(CC(=O)O)C(=O)O. The molecule has 0 aliphatic rings.